The average molecular weight is 186 g/mol. The zero-order valence-electron chi connectivity index (χ0n) is 8.85. The van der Waals surface area contributed by atoms with Crippen molar-refractivity contribution in [1.82, 2.24) is 0 Å². The van der Waals surface area contributed by atoms with Gasteiger partial charge < -0.3 is 4.74 Å². The number of rotatable bonds is 5. The highest BCUT2D eigenvalue weighted by atomic mass is 16.5. The number of Topliss-reactive ketones (excluding diaryl/α,β-unsaturated/α-hetero) is 1. The third-order valence-corrected chi connectivity index (χ3v) is 2.25. The molecule has 3 nitrogen and oxygen atoms in total. The van der Waals surface area contributed by atoms with Crippen LogP contribution < -0.4 is 0 Å². The predicted octanol–water partition coefficient (Wildman–Crippen LogP) is 1.94. The van der Waals surface area contributed by atoms with Gasteiger partial charge in [0.2, 0.25) is 0 Å². The summed E-state index contributed by atoms with van der Waals surface area (Å²) in [4.78, 5) is 22.5. The first-order valence-electron chi connectivity index (χ1n) is 4.63. The van der Waals surface area contributed by atoms with Crippen LogP contribution in [0, 0.1) is 5.41 Å². The first kappa shape index (κ1) is 12.1. The lowest BCUT2D eigenvalue weighted by Crippen LogP contribution is -2.26. The van der Waals surface area contributed by atoms with Crippen LogP contribution in [0.4, 0.5) is 0 Å². The van der Waals surface area contributed by atoms with Crippen molar-refractivity contribution in [2.75, 3.05) is 6.61 Å². The summed E-state index contributed by atoms with van der Waals surface area (Å²) in [6.07, 6.45) is 0.639. The Kier molecular flexibility index (Phi) is 4.67. The van der Waals surface area contributed by atoms with Gasteiger partial charge in [-0.25, -0.2) is 0 Å². The standard InChI is InChI=1S/C10H18O3/c1-5-10(3,4)8(11)7-9(12)13-6-2/h5-7H2,1-4H3. The van der Waals surface area contributed by atoms with Crippen LogP contribution in [-0.2, 0) is 14.3 Å². The third-order valence-electron chi connectivity index (χ3n) is 2.25. The second kappa shape index (κ2) is 5.00. The lowest BCUT2D eigenvalue weighted by molar-refractivity contribution is -0.147. The summed E-state index contributed by atoms with van der Waals surface area (Å²) in [6, 6.07) is 0. The van der Waals surface area contributed by atoms with Crippen molar-refractivity contribution < 1.29 is 14.3 Å². The minimum Gasteiger partial charge on any atom is -0.466 e. The molecule has 0 heterocycles. The lowest BCUT2D eigenvalue weighted by Gasteiger charge is -2.19. The Balaban J connectivity index is 4.07. The van der Waals surface area contributed by atoms with E-state index < -0.39 is 11.4 Å². The van der Waals surface area contributed by atoms with Crippen LogP contribution in [0.5, 0.6) is 0 Å². The fraction of sp³-hybridized carbons (Fsp3) is 0.800. The molecule has 0 amide bonds. The van der Waals surface area contributed by atoms with E-state index in [0.29, 0.717) is 6.61 Å². The maximum absolute atomic E-state index is 11.5. The average Bonchev–Trinajstić information content (AvgIpc) is 2.04. The maximum atomic E-state index is 11.5. The second-order valence-electron chi connectivity index (χ2n) is 3.64. The minimum atomic E-state index is -0.422. The zero-order valence-corrected chi connectivity index (χ0v) is 8.85. The highest BCUT2D eigenvalue weighted by Crippen LogP contribution is 2.22. The molecule has 0 aromatic rings. The molecule has 13 heavy (non-hydrogen) atoms. The fourth-order valence-corrected chi connectivity index (χ4v) is 0.780. The maximum Gasteiger partial charge on any atom is 0.313 e. The Hall–Kier alpha value is -0.860. The Morgan fingerprint density at radius 2 is 1.77 bits per heavy atom. The number of hydrogen-bond donors (Lipinski definition) is 0. The van der Waals surface area contributed by atoms with Crippen molar-refractivity contribution in [3.8, 4) is 0 Å². The van der Waals surface area contributed by atoms with E-state index in [0.717, 1.165) is 6.42 Å². The quantitative estimate of drug-likeness (QED) is 0.487. The first-order valence-corrected chi connectivity index (χ1v) is 4.63. The molecule has 0 N–H and O–H groups in total. The van der Waals surface area contributed by atoms with Gasteiger partial charge in [0.25, 0.3) is 0 Å². The Bertz CT molecular complexity index is 194. The normalized spacial score (nSPS) is 11.1. The van der Waals surface area contributed by atoms with E-state index in [4.69, 9.17) is 4.74 Å². The van der Waals surface area contributed by atoms with Gasteiger partial charge in [-0.3, -0.25) is 9.59 Å². The first-order chi connectivity index (χ1) is 5.94. The monoisotopic (exact) mass is 186 g/mol. The number of ketones is 1. The molecule has 76 valence electrons. The number of ether oxygens (including phenoxy) is 1. The van der Waals surface area contributed by atoms with Crippen LogP contribution >= 0.6 is 0 Å². The number of carbonyl (C=O) groups excluding carboxylic acids is 2. The summed E-state index contributed by atoms with van der Waals surface area (Å²) in [5.74, 6) is -0.470. The molecule has 0 radical (unpaired) electrons. The highest BCUT2D eigenvalue weighted by molar-refractivity contribution is 5.98. The van der Waals surface area contributed by atoms with Crippen LogP contribution in [0.25, 0.3) is 0 Å². The van der Waals surface area contributed by atoms with Gasteiger partial charge in [0.05, 0.1) is 6.61 Å². The Morgan fingerprint density at radius 3 is 2.15 bits per heavy atom. The second-order valence-corrected chi connectivity index (χ2v) is 3.64. The molecule has 3 heteroatoms. The number of hydrogen-bond acceptors (Lipinski definition) is 3. The lowest BCUT2D eigenvalue weighted by atomic mass is 9.84. The molecule has 0 aromatic carbocycles. The molecule has 0 fully saturated rings. The summed E-state index contributed by atoms with van der Waals surface area (Å²) in [5, 5.41) is 0. The Morgan fingerprint density at radius 1 is 1.23 bits per heavy atom. The molecular weight excluding hydrogens is 168 g/mol. The molecule has 0 aliphatic heterocycles. The van der Waals surface area contributed by atoms with Crippen LogP contribution in [0.1, 0.15) is 40.5 Å². The van der Waals surface area contributed by atoms with Crippen LogP contribution in [0.2, 0.25) is 0 Å². The van der Waals surface area contributed by atoms with Crippen LogP contribution in [-0.4, -0.2) is 18.4 Å². The van der Waals surface area contributed by atoms with Gasteiger partial charge in [-0.15, -0.1) is 0 Å². The molecule has 0 atom stereocenters. The van der Waals surface area contributed by atoms with Gasteiger partial charge in [0.1, 0.15) is 12.2 Å². The third kappa shape index (κ3) is 4.06. The van der Waals surface area contributed by atoms with E-state index in [-0.39, 0.29) is 12.2 Å². The van der Waals surface area contributed by atoms with Crippen LogP contribution in [0.15, 0.2) is 0 Å². The van der Waals surface area contributed by atoms with E-state index >= 15 is 0 Å². The van der Waals surface area contributed by atoms with Crippen molar-refractivity contribution in [3.63, 3.8) is 0 Å². The van der Waals surface area contributed by atoms with Gasteiger partial charge in [-0.05, 0) is 13.3 Å². The van der Waals surface area contributed by atoms with E-state index in [1.54, 1.807) is 6.92 Å². The van der Waals surface area contributed by atoms with Gasteiger partial charge in [-0.1, -0.05) is 20.8 Å². The van der Waals surface area contributed by atoms with Crippen molar-refractivity contribution in [3.05, 3.63) is 0 Å². The van der Waals surface area contributed by atoms with Gasteiger partial charge in [-0.2, -0.15) is 0 Å². The largest absolute Gasteiger partial charge is 0.466 e. The molecule has 0 aliphatic carbocycles. The molecule has 0 unspecified atom stereocenters. The molecule has 0 aromatic heterocycles. The summed E-state index contributed by atoms with van der Waals surface area (Å²) >= 11 is 0. The SMILES string of the molecule is CCOC(=O)CC(=O)C(C)(C)CC. The van der Waals surface area contributed by atoms with E-state index in [9.17, 15) is 9.59 Å². The molecule has 0 spiro atoms. The molecule has 0 rings (SSSR count). The van der Waals surface area contributed by atoms with E-state index in [1.807, 2.05) is 20.8 Å². The van der Waals surface area contributed by atoms with Gasteiger partial charge in [0, 0.05) is 5.41 Å². The smallest absolute Gasteiger partial charge is 0.313 e. The van der Waals surface area contributed by atoms with Gasteiger partial charge >= 0.3 is 5.97 Å². The summed E-state index contributed by atoms with van der Waals surface area (Å²) in [5.41, 5.74) is -0.410. The summed E-state index contributed by atoms with van der Waals surface area (Å²) < 4.78 is 4.69. The summed E-state index contributed by atoms with van der Waals surface area (Å²) in [6.45, 7) is 7.68. The van der Waals surface area contributed by atoms with Gasteiger partial charge in [0.15, 0.2) is 0 Å². The molecule has 0 aliphatic rings. The van der Waals surface area contributed by atoms with Crippen molar-refractivity contribution in [2.24, 2.45) is 5.41 Å². The highest BCUT2D eigenvalue weighted by Gasteiger charge is 2.27. The molecule has 0 saturated heterocycles. The van der Waals surface area contributed by atoms with E-state index in [1.165, 1.54) is 0 Å². The Labute approximate surface area is 79.5 Å². The minimum absolute atomic E-state index is 0.0477. The fourth-order valence-electron chi connectivity index (χ4n) is 0.780. The van der Waals surface area contributed by atoms with Crippen molar-refractivity contribution in [1.29, 1.82) is 0 Å². The molecule has 0 bridgehead atoms. The zero-order chi connectivity index (χ0) is 10.5. The predicted molar refractivity (Wildman–Crippen MR) is 50.3 cm³/mol. The number of esters is 1. The van der Waals surface area contributed by atoms with E-state index in [2.05, 4.69) is 0 Å². The van der Waals surface area contributed by atoms with Crippen molar-refractivity contribution >= 4 is 11.8 Å². The van der Waals surface area contributed by atoms with Crippen LogP contribution in [0.3, 0.4) is 0 Å². The molecular formula is C10H18O3. The molecule has 0 saturated carbocycles. The topological polar surface area (TPSA) is 43.4 Å². The van der Waals surface area contributed by atoms with Crippen molar-refractivity contribution in [2.45, 2.75) is 40.5 Å². The summed E-state index contributed by atoms with van der Waals surface area (Å²) in [7, 11) is 0. The number of carbonyl (C=O) groups is 2.